The van der Waals surface area contributed by atoms with Gasteiger partial charge >= 0.3 is 0 Å². The molecule has 0 saturated heterocycles. The van der Waals surface area contributed by atoms with E-state index in [1.807, 2.05) is 12.1 Å². The van der Waals surface area contributed by atoms with Crippen molar-refractivity contribution in [3.8, 4) is 0 Å². The third-order valence-corrected chi connectivity index (χ3v) is 3.72. The van der Waals surface area contributed by atoms with E-state index in [1.165, 1.54) is 11.1 Å². The minimum absolute atomic E-state index is 0.473. The fraction of sp³-hybridized carbons (Fsp3) is 0.0667. The summed E-state index contributed by atoms with van der Waals surface area (Å²) in [5.41, 5.74) is 4.53. The lowest BCUT2D eigenvalue weighted by atomic mass is 10.0. The summed E-state index contributed by atoms with van der Waals surface area (Å²) in [6.45, 7) is 0. The van der Waals surface area contributed by atoms with Gasteiger partial charge in [0.15, 0.2) is 5.15 Å². The maximum atomic E-state index is 6.13. The molecule has 0 bridgehead atoms. The smallest absolute Gasteiger partial charge is 0.148 e. The van der Waals surface area contributed by atoms with Gasteiger partial charge in [-0.05, 0) is 17.6 Å². The molecule has 0 saturated carbocycles. The second-order valence-corrected chi connectivity index (χ2v) is 4.79. The number of aromatic nitrogens is 2. The van der Waals surface area contributed by atoms with Crippen LogP contribution in [0.4, 0.5) is 0 Å². The average molecular weight is 253 g/mol. The zero-order chi connectivity index (χ0) is 12.1. The molecule has 1 aromatic heterocycles. The maximum Gasteiger partial charge on any atom is 0.159 e. The number of fused-ring (bicyclic) bond motifs is 2. The molecule has 2 aromatic rings. The number of halogens is 1. The van der Waals surface area contributed by atoms with Crippen molar-refractivity contribution in [2.24, 2.45) is 0 Å². The van der Waals surface area contributed by atoms with Gasteiger partial charge in [-0.3, -0.25) is 0 Å². The van der Waals surface area contributed by atoms with E-state index in [0.29, 0.717) is 5.15 Å². The Balaban J connectivity index is 2.19. The molecule has 0 unspecified atom stereocenters. The number of rotatable bonds is 0. The van der Waals surface area contributed by atoms with Crippen LogP contribution in [0.3, 0.4) is 0 Å². The van der Waals surface area contributed by atoms with E-state index in [-0.39, 0.29) is 0 Å². The van der Waals surface area contributed by atoms with Gasteiger partial charge in [0.1, 0.15) is 5.69 Å². The Morgan fingerprint density at radius 3 is 2.72 bits per heavy atom. The first kappa shape index (κ1) is 10.0. The van der Waals surface area contributed by atoms with Gasteiger partial charge in [0.05, 0.1) is 0 Å². The number of benzene rings is 1. The molecule has 3 heteroatoms. The van der Waals surface area contributed by atoms with Crippen molar-refractivity contribution in [2.45, 2.75) is 6.42 Å². The molecule has 86 valence electrons. The second-order valence-electron chi connectivity index (χ2n) is 4.44. The highest BCUT2D eigenvalue weighted by molar-refractivity contribution is 6.35. The standard InChI is InChI=1S/C15H9ClN2/c16-15-12-8-4-7-10-9-5-2-1-3-6-11(9)14(13(10)12)17-18-15/h2-8H,1H2. The highest BCUT2D eigenvalue weighted by atomic mass is 35.5. The fourth-order valence-electron chi connectivity index (χ4n) is 2.66. The Morgan fingerprint density at radius 1 is 1.00 bits per heavy atom. The third-order valence-electron chi connectivity index (χ3n) is 3.44. The molecule has 2 aliphatic rings. The molecule has 0 spiro atoms. The quantitative estimate of drug-likeness (QED) is 0.708. The van der Waals surface area contributed by atoms with Crippen LogP contribution in [0.1, 0.15) is 17.7 Å². The van der Waals surface area contributed by atoms with Crippen LogP contribution in [-0.4, -0.2) is 10.2 Å². The average Bonchev–Trinajstić information content (AvgIpc) is 2.57. The molecule has 0 N–H and O–H groups in total. The summed E-state index contributed by atoms with van der Waals surface area (Å²) < 4.78 is 0. The van der Waals surface area contributed by atoms with Crippen molar-refractivity contribution in [1.29, 1.82) is 0 Å². The first-order valence-electron chi connectivity index (χ1n) is 5.89. The molecular weight excluding hydrogens is 244 g/mol. The van der Waals surface area contributed by atoms with Crippen molar-refractivity contribution in [3.63, 3.8) is 0 Å². The monoisotopic (exact) mass is 252 g/mol. The molecule has 0 radical (unpaired) electrons. The SMILES string of the molecule is Clc1nnc2c3c(cccc13)C1=C2C=CCC=C1. The minimum Gasteiger partial charge on any atom is -0.148 e. The Labute approximate surface area is 109 Å². The van der Waals surface area contributed by atoms with Crippen LogP contribution < -0.4 is 0 Å². The zero-order valence-corrected chi connectivity index (χ0v) is 10.3. The molecule has 2 nitrogen and oxygen atoms in total. The van der Waals surface area contributed by atoms with Crippen LogP contribution in [-0.2, 0) is 0 Å². The highest BCUT2D eigenvalue weighted by Gasteiger charge is 2.24. The maximum absolute atomic E-state index is 6.13. The van der Waals surface area contributed by atoms with Crippen molar-refractivity contribution in [1.82, 2.24) is 10.2 Å². The fourth-order valence-corrected chi connectivity index (χ4v) is 2.86. The van der Waals surface area contributed by atoms with E-state index in [0.717, 1.165) is 28.5 Å². The highest BCUT2D eigenvalue weighted by Crippen LogP contribution is 2.43. The predicted molar refractivity (Wildman–Crippen MR) is 74.3 cm³/mol. The van der Waals surface area contributed by atoms with Crippen molar-refractivity contribution >= 4 is 33.5 Å². The van der Waals surface area contributed by atoms with Crippen LogP contribution in [0, 0.1) is 0 Å². The molecule has 0 amide bonds. The van der Waals surface area contributed by atoms with Gasteiger partial charge in [-0.15, -0.1) is 10.2 Å². The number of hydrogen-bond acceptors (Lipinski definition) is 2. The van der Waals surface area contributed by atoms with Crippen LogP contribution in [0.15, 0.2) is 42.5 Å². The summed E-state index contributed by atoms with van der Waals surface area (Å²) >= 11 is 6.13. The molecule has 0 atom stereocenters. The lowest BCUT2D eigenvalue weighted by Crippen LogP contribution is -1.91. The molecule has 1 heterocycles. The molecule has 1 aromatic carbocycles. The second kappa shape index (κ2) is 3.53. The van der Waals surface area contributed by atoms with Crippen LogP contribution in [0.2, 0.25) is 5.15 Å². The van der Waals surface area contributed by atoms with Crippen molar-refractivity contribution < 1.29 is 0 Å². The van der Waals surface area contributed by atoms with Gasteiger partial charge in [0, 0.05) is 16.3 Å². The van der Waals surface area contributed by atoms with Crippen molar-refractivity contribution in [2.75, 3.05) is 0 Å². The van der Waals surface area contributed by atoms with Gasteiger partial charge in [-0.25, -0.2) is 0 Å². The van der Waals surface area contributed by atoms with Gasteiger partial charge in [0.25, 0.3) is 0 Å². The van der Waals surface area contributed by atoms with E-state index in [1.54, 1.807) is 0 Å². The largest absolute Gasteiger partial charge is 0.159 e. The Hall–Kier alpha value is -1.93. The Morgan fingerprint density at radius 2 is 1.83 bits per heavy atom. The number of nitrogens with zero attached hydrogens (tertiary/aromatic N) is 2. The number of hydrogen-bond donors (Lipinski definition) is 0. The lowest BCUT2D eigenvalue weighted by molar-refractivity contribution is 1.04. The third kappa shape index (κ3) is 1.18. The number of allylic oxidation sites excluding steroid dienone is 6. The lowest BCUT2D eigenvalue weighted by Gasteiger charge is -2.03. The van der Waals surface area contributed by atoms with E-state index in [2.05, 4.69) is 40.6 Å². The van der Waals surface area contributed by atoms with Gasteiger partial charge in [-0.1, -0.05) is 54.1 Å². The molecule has 0 aliphatic heterocycles. The van der Waals surface area contributed by atoms with E-state index in [9.17, 15) is 0 Å². The summed E-state index contributed by atoms with van der Waals surface area (Å²) in [6.07, 6.45) is 9.57. The molecule has 4 rings (SSSR count). The molecule has 0 fully saturated rings. The summed E-state index contributed by atoms with van der Waals surface area (Å²) in [5, 5.41) is 10.9. The normalized spacial score (nSPS) is 16.3. The summed E-state index contributed by atoms with van der Waals surface area (Å²) in [7, 11) is 0. The first-order chi connectivity index (χ1) is 8.86. The minimum atomic E-state index is 0.473. The summed E-state index contributed by atoms with van der Waals surface area (Å²) in [5.74, 6) is 0. The Bertz CT molecular complexity index is 741. The molecular formula is C15H9ClN2. The zero-order valence-electron chi connectivity index (χ0n) is 9.52. The molecule has 18 heavy (non-hydrogen) atoms. The summed E-state index contributed by atoms with van der Waals surface area (Å²) in [4.78, 5) is 0. The van der Waals surface area contributed by atoms with E-state index >= 15 is 0 Å². The Kier molecular flexibility index (Phi) is 1.97. The van der Waals surface area contributed by atoms with E-state index < -0.39 is 0 Å². The van der Waals surface area contributed by atoms with Crippen LogP contribution in [0.25, 0.3) is 21.9 Å². The van der Waals surface area contributed by atoms with Gasteiger partial charge < -0.3 is 0 Å². The predicted octanol–water partition coefficient (Wildman–Crippen LogP) is 4.02. The topological polar surface area (TPSA) is 25.8 Å². The molecule has 2 aliphatic carbocycles. The van der Waals surface area contributed by atoms with Gasteiger partial charge in [0.2, 0.25) is 0 Å². The van der Waals surface area contributed by atoms with E-state index in [4.69, 9.17) is 11.6 Å². The first-order valence-corrected chi connectivity index (χ1v) is 6.27. The van der Waals surface area contributed by atoms with Crippen molar-refractivity contribution in [3.05, 3.63) is 58.9 Å². The summed E-state index contributed by atoms with van der Waals surface area (Å²) in [6, 6.07) is 6.14. The van der Waals surface area contributed by atoms with Gasteiger partial charge in [-0.2, -0.15) is 0 Å². The van der Waals surface area contributed by atoms with Crippen LogP contribution >= 0.6 is 11.6 Å². The van der Waals surface area contributed by atoms with Crippen LogP contribution in [0.5, 0.6) is 0 Å².